The maximum atomic E-state index is 11.7. The molecule has 0 saturated carbocycles. The van der Waals surface area contributed by atoms with Crippen LogP contribution in [0.4, 0.5) is 0 Å². The molecule has 5 heteroatoms. The third-order valence-electron chi connectivity index (χ3n) is 3.24. The van der Waals surface area contributed by atoms with Crippen molar-refractivity contribution >= 4 is 21.4 Å². The number of ether oxygens (including phenoxy) is 1. The zero-order valence-corrected chi connectivity index (χ0v) is 13.7. The van der Waals surface area contributed by atoms with E-state index in [-0.39, 0.29) is 4.90 Å². The first kappa shape index (κ1) is 15.9. The van der Waals surface area contributed by atoms with Crippen LogP contribution >= 0.6 is 11.6 Å². The summed E-state index contributed by atoms with van der Waals surface area (Å²) in [4.78, 5) is 0.261. The van der Waals surface area contributed by atoms with Gasteiger partial charge in [-0.2, -0.15) is 0 Å². The number of hydrogen-bond donors (Lipinski definition) is 0. The van der Waals surface area contributed by atoms with Crippen molar-refractivity contribution < 1.29 is 13.2 Å². The Morgan fingerprint density at radius 3 is 2.48 bits per heavy atom. The Morgan fingerprint density at radius 2 is 1.86 bits per heavy atom. The van der Waals surface area contributed by atoms with Gasteiger partial charge in [0.1, 0.15) is 5.75 Å². The van der Waals surface area contributed by atoms with E-state index in [9.17, 15) is 8.42 Å². The van der Waals surface area contributed by atoms with Crippen LogP contribution in [0.25, 0.3) is 0 Å². The van der Waals surface area contributed by atoms with Gasteiger partial charge in [-0.1, -0.05) is 29.8 Å². The number of sulfone groups is 1. The van der Waals surface area contributed by atoms with Gasteiger partial charge in [0.05, 0.1) is 17.4 Å². The molecule has 21 heavy (non-hydrogen) atoms. The topological polar surface area (TPSA) is 43.4 Å². The molecule has 1 unspecified atom stereocenters. The quantitative estimate of drug-likeness (QED) is 0.805. The van der Waals surface area contributed by atoms with Crippen molar-refractivity contribution in [2.45, 2.75) is 17.2 Å². The van der Waals surface area contributed by atoms with Gasteiger partial charge in [0.25, 0.3) is 0 Å². The molecule has 0 aromatic heterocycles. The first-order valence-electron chi connectivity index (χ1n) is 6.41. The molecule has 0 saturated heterocycles. The molecule has 0 aliphatic carbocycles. The zero-order chi connectivity index (χ0) is 15.6. The summed E-state index contributed by atoms with van der Waals surface area (Å²) in [6.45, 7) is 1.97. The van der Waals surface area contributed by atoms with Crippen molar-refractivity contribution in [3.63, 3.8) is 0 Å². The predicted molar refractivity (Wildman–Crippen MR) is 85.0 cm³/mol. The fourth-order valence-electron chi connectivity index (χ4n) is 2.13. The second-order valence-corrected chi connectivity index (χ2v) is 7.40. The fraction of sp³-hybridized carbons (Fsp3) is 0.250. The predicted octanol–water partition coefficient (Wildman–Crippen LogP) is 3.74. The molecule has 1 atom stereocenters. The molecule has 2 rings (SSSR count). The lowest BCUT2D eigenvalue weighted by atomic mass is 10.0. The van der Waals surface area contributed by atoms with E-state index in [4.69, 9.17) is 16.3 Å². The number of hydrogen-bond acceptors (Lipinski definition) is 3. The van der Waals surface area contributed by atoms with Crippen LogP contribution in [0, 0.1) is 6.92 Å². The highest BCUT2D eigenvalue weighted by molar-refractivity contribution is 7.90. The molecule has 0 bridgehead atoms. The maximum Gasteiger partial charge on any atom is 0.175 e. The molecule has 0 N–H and O–H groups in total. The highest BCUT2D eigenvalue weighted by atomic mass is 35.5. The second kappa shape index (κ2) is 6.08. The summed E-state index contributed by atoms with van der Waals surface area (Å²) in [6, 6.07) is 12.4. The molecule has 0 spiro atoms. The summed E-state index contributed by atoms with van der Waals surface area (Å²) < 4.78 is 28.6. The summed E-state index contributed by atoms with van der Waals surface area (Å²) in [5.74, 6) is 0.686. The number of methoxy groups -OCH3 is 1. The molecule has 0 amide bonds. The molecule has 3 nitrogen and oxygen atoms in total. The molecule has 112 valence electrons. The third-order valence-corrected chi connectivity index (χ3v) is 4.83. The van der Waals surface area contributed by atoms with Gasteiger partial charge >= 0.3 is 0 Å². The average molecular weight is 325 g/mol. The number of benzene rings is 2. The zero-order valence-electron chi connectivity index (χ0n) is 12.1. The van der Waals surface area contributed by atoms with Crippen molar-refractivity contribution in [1.82, 2.24) is 0 Å². The Balaban J connectivity index is 2.50. The Hall–Kier alpha value is -1.52. The van der Waals surface area contributed by atoms with E-state index < -0.39 is 15.2 Å². The summed E-state index contributed by atoms with van der Waals surface area (Å²) in [5, 5.41) is -0.471. The van der Waals surface area contributed by atoms with Crippen LogP contribution in [0.1, 0.15) is 22.1 Å². The molecule has 0 heterocycles. The van der Waals surface area contributed by atoms with E-state index in [2.05, 4.69) is 0 Å². The van der Waals surface area contributed by atoms with Crippen molar-refractivity contribution in [2.24, 2.45) is 0 Å². The van der Waals surface area contributed by atoms with Crippen LogP contribution in [0.2, 0.25) is 0 Å². The van der Waals surface area contributed by atoms with E-state index in [1.165, 1.54) is 6.26 Å². The van der Waals surface area contributed by atoms with Crippen LogP contribution < -0.4 is 4.74 Å². The molecule has 2 aromatic carbocycles. The third kappa shape index (κ3) is 3.57. The largest absolute Gasteiger partial charge is 0.496 e. The van der Waals surface area contributed by atoms with Crippen molar-refractivity contribution in [1.29, 1.82) is 0 Å². The highest BCUT2D eigenvalue weighted by Crippen LogP contribution is 2.36. The Morgan fingerprint density at radius 1 is 1.14 bits per heavy atom. The van der Waals surface area contributed by atoms with Crippen LogP contribution in [-0.4, -0.2) is 21.8 Å². The number of alkyl halides is 1. The number of rotatable bonds is 4. The van der Waals surface area contributed by atoms with Crippen LogP contribution in [0.3, 0.4) is 0 Å². The minimum atomic E-state index is -3.25. The molecule has 0 aliphatic heterocycles. The van der Waals surface area contributed by atoms with Crippen molar-refractivity contribution in [2.75, 3.05) is 13.4 Å². The van der Waals surface area contributed by atoms with Crippen molar-refractivity contribution in [3.8, 4) is 5.75 Å². The standard InChI is InChI=1S/C16H17ClO3S/c1-11-7-8-15(20-2)14(9-11)16(17)12-5-4-6-13(10-12)21(3,18)19/h4-10,16H,1-3H3. The Bertz CT molecular complexity index is 754. The van der Waals surface area contributed by atoms with Gasteiger partial charge in [-0.05, 0) is 30.7 Å². The number of aryl methyl sites for hydroxylation is 1. The summed E-state index contributed by atoms with van der Waals surface area (Å²) in [6.07, 6.45) is 1.18. The van der Waals surface area contributed by atoms with Crippen LogP contribution in [0.15, 0.2) is 47.4 Å². The smallest absolute Gasteiger partial charge is 0.175 e. The maximum absolute atomic E-state index is 11.7. The number of halogens is 1. The molecular formula is C16H17ClO3S. The van der Waals surface area contributed by atoms with Gasteiger partial charge in [0.15, 0.2) is 9.84 Å². The molecule has 2 aromatic rings. The van der Waals surface area contributed by atoms with Crippen LogP contribution in [-0.2, 0) is 9.84 Å². The van der Waals surface area contributed by atoms with Gasteiger partial charge < -0.3 is 4.74 Å². The fourth-order valence-corrected chi connectivity index (χ4v) is 3.12. The van der Waals surface area contributed by atoms with E-state index in [1.807, 2.05) is 31.2 Å². The minimum absolute atomic E-state index is 0.261. The Labute approximate surface area is 130 Å². The first-order chi connectivity index (χ1) is 9.82. The van der Waals surface area contributed by atoms with Crippen molar-refractivity contribution in [3.05, 3.63) is 59.2 Å². The normalized spacial score (nSPS) is 13.0. The second-order valence-electron chi connectivity index (χ2n) is 4.95. The average Bonchev–Trinajstić information content (AvgIpc) is 2.45. The summed E-state index contributed by atoms with van der Waals surface area (Å²) in [7, 11) is -1.67. The Kier molecular flexibility index (Phi) is 4.59. The van der Waals surface area contributed by atoms with Gasteiger partial charge in [-0.15, -0.1) is 11.6 Å². The lowest BCUT2D eigenvalue weighted by Gasteiger charge is -2.16. The SMILES string of the molecule is COc1ccc(C)cc1C(Cl)c1cccc(S(C)(=O)=O)c1. The lowest BCUT2D eigenvalue weighted by molar-refractivity contribution is 0.410. The van der Waals surface area contributed by atoms with E-state index in [1.54, 1.807) is 25.3 Å². The van der Waals surface area contributed by atoms with Crippen LogP contribution in [0.5, 0.6) is 5.75 Å². The summed E-state index contributed by atoms with van der Waals surface area (Å²) in [5.41, 5.74) is 2.61. The van der Waals surface area contributed by atoms with Gasteiger partial charge in [0.2, 0.25) is 0 Å². The molecular weight excluding hydrogens is 308 g/mol. The lowest BCUT2D eigenvalue weighted by Crippen LogP contribution is -2.01. The van der Waals surface area contributed by atoms with E-state index in [0.29, 0.717) is 5.75 Å². The first-order valence-corrected chi connectivity index (χ1v) is 8.74. The van der Waals surface area contributed by atoms with Gasteiger partial charge in [0, 0.05) is 11.8 Å². The van der Waals surface area contributed by atoms with E-state index in [0.717, 1.165) is 16.7 Å². The molecule has 0 aliphatic rings. The minimum Gasteiger partial charge on any atom is -0.496 e. The summed E-state index contributed by atoms with van der Waals surface area (Å²) >= 11 is 6.53. The van der Waals surface area contributed by atoms with Gasteiger partial charge in [-0.25, -0.2) is 8.42 Å². The van der Waals surface area contributed by atoms with Gasteiger partial charge in [-0.3, -0.25) is 0 Å². The highest BCUT2D eigenvalue weighted by Gasteiger charge is 2.18. The molecule has 0 fully saturated rings. The molecule has 0 radical (unpaired) electrons. The monoisotopic (exact) mass is 324 g/mol. The van der Waals surface area contributed by atoms with E-state index >= 15 is 0 Å².